The van der Waals surface area contributed by atoms with Gasteiger partial charge in [-0.3, -0.25) is 4.79 Å². The Morgan fingerprint density at radius 3 is 2.48 bits per heavy atom. The minimum Gasteiger partial charge on any atom is -0.497 e. The van der Waals surface area contributed by atoms with Crippen molar-refractivity contribution in [1.29, 1.82) is 0 Å². The molecule has 1 N–H and O–H groups in total. The van der Waals surface area contributed by atoms with Gasteiger partial charge in [-0.2, -0.15) is 0 Å². The molecule has 0 aliphatic carbocycles. The normalized spacial score (nSPS) is 15.8. The number of nitrogens with zero attached hydrogens (tertiary/aromatic N) is 2. The molecule has 0 spiro atoms. The van der Waals surface area contributed by atoms with E-state index in [1.807, 2.05) is 18.2 Å². The molecule has 6 heteroatoms. The van der Waals surface area contributed by atoms with Crippen LogP contribution in [0.1, 0.15) is 18.9 Å². The third kappa shape index (κ3) is 6.21. The predicted octanol–water partition coefficient (Wildman–Crippen LogP) is 1.39. The molecule has 0 atom stereocenters. The molecule has 1 heterocycles. The lowest BCUT2D eigenvalue weighted by Crippen LogP contribution is -2.46. The van der Waals surface area contributed by atoms with E-state index >= 15 is 0 Å². The second kappa shape index (κ2) is 10.3. The minimum atomic E-state index is 0.0161. The number of likely N-dealkylation sites (N-methyl/N-ethyl adjacent to an activating group) is 1. The average molecular weight is 349 g/mol. The molecule has 6 nitrogen and oxygen atoms in total. The zero-order valence-corrected chi connectivity index (χ0v) is 15.7. The number of rotatable bonds is 9. The summed E-state index contributed by atoms with van der Waals surface area (Å²) in [5.74, 6) is 1.46. The third-order valence-corrected chi connectivity index (χ3v) is 4.72. The van der Waals surface area contributed by atoms with E-state index in [0.717, 1.165) is 57.0 Å². The van der Waals surface area contributed by atoms with Gasteiger partial charge >= 0.3 is 0 Å². The van der Waals surface area contributed by atoms with Crippen LogP contribution in [-0.4, -0.2) is 75.7 Å². The number of methoxy groups -OCH3 is 2. The van der Waals surface area contributed by atoms with Crippen molar-refractivity contribution < 1.29 is 14.3 Å². The van der Waals surface area contributed by atoms with E-state index < -0.39 is 0 Å². The maximum absolute atomic E-state index is 12.2. The number of hydrogen-bond donors (Lipinski definition) is 1. The van der Waals surface area contributed by atoms with Gasteiger partial charge in [-0.1, -0.05) is 6.92 Å². The number of nitrogens with one attached hydrogen (secondary N) is 1. The highest BCUT2D eigenvalue weighted by Crippen LogP contribution is 2.24. The molecule has 1 aliphatic heterocycles. The Hall–Kier alpha value is -1.79. The number of hydrogen-bond acceptors (Lipinski definition) is 5. The number of piperazine rings is 1. The first-order valence-electron chi connectivity index (χ1n) is 9.08. The summed E-state index contributed by atoms with van der Waals surface area (Å²) in [7, 11) is 3.23. The fourth-order valence-electron chi connectivity index (χ4n) is 3.12. The maximum atomic E-state index is 12.2. The molecule has 1 aliphatic rings. The molecule has 2 rings (SSSR count). The fourth-order valence-corrected chi connectivity index (χ4v) is 3.12. The van der Waals surface area contributed by atoms with E-state index in [4.69, 9.17) is 9.47 Å². The van der Waals surface area contributed by atoms with Crippen molar-refractivity contribution in [3.05, 3.63) is 23.8 Å². The van der Waals surface area contributed by atoms with Crippen molar-refractivity contribution >= 4 is 5.91 Å². The molecule has 25 heavy (non-hydrogen) atoms. The third-order valence-electron chi connectivity index (χ3n) is 4.72. The van der Waals surface area contributed by atoms with Crippen LogP contribution in [0.2, 0.25) is 0 Å². The zero-order chi connectivity index (χ0) is 18.1. The van der Waals surface area contributed by atoms with Crippen molar-refractivity contribution in [2.24, 2.45) is 0 Å². The topological polar surface area (TPSA) is 54.0 Å². The van der Waals surface area contributed by atoms with Crippen LogP contribution >= 0.6 is 0 Å². The first-order valence-corrected chi connectivity index (χ1v) is 9.08. The highest BCUT2D eigenvalue weighted by atomic mass is 16.5. The number of amides is 1. The van der Waals surface area contributed by atoms with Crippen LogP contribution in [0.4, 0.5) is 0 Å². The monoisotopic (exact) mass is 349 g/mol. The lowest BCUT2D eigenvalue weighted by atomic mass is 10.1. The van der Waals surface area contributed by atoms with Gasteiger partial charge in [-0.05, 0) is 37.7 Å². The summed E-state index contributed by atoms with van der Waals surface area (Å²) >= 11 is 0. The molecule has 1 fully saturated rings. The summed E-state index contributed by atoms with van der Waals surface area (Å²) in [4.78, 5) is 17.1. The molecule has 0 saturated carbocycles. The van der Waals surface area contributed by atoms with E-state index in [1.165, 1.54) is 0 Å². The van der Waals surface area contributed by atoms with Crippen molar-refractivity contribution in [3.63, 3.8) is 0 Å². The second-order valence-corrected chi connectivity index (χ2v) is 6.33. The van der Waals surface area contributed by atoms with Crippen LogP contribution in [0.25, 0.3) is 0 Å². The van der Waals surface area contributed by atoms with Crippen LogP contribution in [0, 0.1) is 0 Å². The molecular formula is C19H31N3O3. The number of ether oxygens (including phenoxy) is 2. The Balaban J connectivity index is 1.69. The summed E-state index contributed by atoms with van der Waals surface area (Å²) in [6.07, 6.45) is 1.28. The van der Waals surface area contributed by atoms with E-state index in [-0.39, 0.29) is 5.91 Å². The van der Waals surface area contributed by atoms with Crippen molar-refractivity contribution in [3.8, 4) is 11.5 Å². The second-order valence-electron chi connectivity index (χ2n) is 6.33. The lowest BCUT2D eigenvalue weighted by Gasteiger charge is -2.33. The van der Waals surface area contributed by atoms with Crippen molar-refractivity contribution in [1.82, 2.24) is 15.1 Å². The molecule has 1 saturated heterocycles. The van der Waals surface area contributed by atoms with E-state index in [2.05, 4.69) is 22.0 Å². The van der Waals surface area contributed by atoms with Gasteiger partial charge in [-0.15, -0.1) is 0 Å². The number of benzene rings is 1. The van der Waals surface area contributed by atoms with Crippen LogP contribution < -0.4 is 14.8 Å². The van der Waals surface area contributed by atoms with Crippen molar-refractivity contribution in [2.45, 2.75) is 19.8 Å². The van der Waals surface area contributed by atoms with E-state index in [9.17, 15) is 4.79 Å². The largest absolute Gasteiger partial charge is 0.497 e. The molecule has 0 bridgehead atoms. The summed E-state index contributed by atoms with van der Waals surface area (Å²) in [5.41, 5.74) is 0.843. The Morgan fingerprint density at radius 2 is 1.84 bits per heavy atom. The van der Waals surface area contributed by atoms with Gasteiger partial charge in [-0.25, -0.2) is 0 Å². The van der Waals surface area contributed by atoms with E-state index in [1.54, 1.807) is 14.2 Å². The summed E-state index contributed by atoms with van der Waals surface area (Å²) in [6, 6.07) is 5.52. The molecule has 140 valence electrons. The van der Waals surface area contributed by atoms with Gasteiger partial charge in [0.2, 0.25) is 5.91 Å². The zero-order valence-electron chi connectivity index (χ0n) is 15.7. The molecular weight excluding hydrogens is 318 g/mol. The van der Waals surface area contributed by atoms with Crippen LogP contribution in [-0.2, 0) is 11.2 Å². The van der Waals surface area contributed by atoms with Crippen LogP contribution in [0.15, 0.2) is 18.2 Å². The Kier molecular flexibility index (Phi) is 8.01. The Bertz CT molecular complexity index is 543. The van der Waals surface area contributed by atoms with Gasteiger partial charge in [0, 0.05) is 38.3 Å². The summed E-state index contributed by atoms with van der Waals surface area (Å²) in [6.45, 7) is 9.65. The molecule has 0 aromatic heterocycles. The Labute approximate surface area is 151 Å². The SMILES string of the molecule is CCN1CCN(CCCNC(=O)Cc2cc(OC)ccc2OC)CC1. The van der Waals surface area contributed by atoms with Gasteiger partial charge in [0.25, 0.3) is 0 Å². The fraction of sp³-hybridized carbons (Fsp3) is 0.632. The lowest BCUT2D eigenvalue weighted by molar-refractivity contribution is -0.120. The van der Waals surface area contributed by atoms with Crippen LogP contribution in [0.3, 0.4) is 0 Å². The summed E-state index contributed by atoms with van der Waals surface area (Å²) in [5, 5.41) is 3.01. The highest BCUT2D eigenvalue weighted by Gasteiger charge is 2.15. The number of carbonyl (C=O) groups is 1. The average Bonchev–Trinajstić information content (AvgIpc) is 2.65. The van der Waals surface area contributed by atoms with Crippen molar-refractivity contribution in [2.75, 3.05) is 60.0 Å². The van der Waals surface area contributed by atoms with Gasteiger partial charge < -0.3 is 24.6 Å². The number of carbonyl (C=O) groups excluding carboxylic acids is 1. The van der Waals surface area contributed by atoms with E-state index in [0.29, 0.717) is 18.7 Å². The highest BCUT2D eigenvalue weighted by molar-refractivity contribution is 5.79. The van der Waals surface area contributed by atoms with Gasteiger partial charge in [0.15, 0.2) is 0 Å². The standard InChI is InChI=1S/C19H31N3O3/c1-4-21-10-12-22(13-11-21)9-5-8-20-19(23)15-16-14-17(24-2)6-7-18(16)25-3/h6-7,14H,4-5,8-13,15H2,1-3H3,(H,20,23). The van der Waals surface area contributed by atoms with Gasteiger partial charge in [0.05, 0.1) is 20.6 Å². The quantitative estimate of drug-likeness (QED) is 0.683. The molecule has 0 radical (unpaired) electrons. The predicted molar refractivity (Wildman–Crippen MR) is 99.4 cm³/mol. The molecule has 0 unspecified atom stereocenters. The first kappa shape index (κ1) is 19.5. The smallest absolute Gasteiger partial charge is 0.224 e. The minimum absolute atomic E-state index is 0.0161. The summed E-state index contributed by atoms with van der Waals surface area (Å²) < 4.78 is 10.5. The molecule has 1 aromatic rings. The Morgan fingerprint density at radius 1 is 1.12 bits per heavy atom. The van der Waals surface area contributed by atoms with Gasteiger partial charge in [0.1, 0.15) is 11.5 Å². The molecule has 1 amide bonds. The first-order chi connectivity index (χ1) is 12.2. The van der Waals surface area contributed by atoms with Crippen LogP contribution in [0.5, 0.6) is 11.5 Å². The maximum Gasteiger partial charge on any atom is 0.224 e. The molecule has 1 aromatic carbocycles.